The summed E-state index contributed by atoms with van der Waals surface area (Å²) in [5.41, 5.74) is 2.14. The SMILES string of the molecule is CC1CCCN1CCNc1ccc2c(=O)c(C(=O)NCCN3CCOCC3)cn3c2c1Oc1cc2ccccc2cc1-3. The number of ether oxygens (including phenoxy) is 2. The Kier molecular flexibility index (Phi) is 7.31. The van der Waals surface area contributed by atoms with Crippen LogP contribution in [0.25, 0.3) is 27.4 Å². The summed E-state index contributed by atoms with van der Waals surface area (Å²) in [6.45, 7) is 9.40. The predicted octanol–water partition coefficient (Wildman–Crippen LogP) is 4.21. The average Bonchev–Trinajstić information content (AvgIpc) is 3.42. The van der Waals surface area contributed by atoms with Gasteiger partial charge in [0.2, 0.25) is 5.43 Å². The number of carbonyl (C=O) groups is 1. The number of aromatic nitrogens is 1. The summed E-state index contributed by atoms with van der Waals surface area (Å²) in [4.78, 5) is 31.9. The van der Waals surface area contributed by atoms with E-state index in [-0.39, 0.29) is 16.9 Å². The first-order chi connectivity index (χ1) is 20.6. The smallest absolute Gasteiger partial charge is 0.256 e. The number of hydrogen-bond donors (Lipinski definition) is 2. The Morgan fingerprint density at radius 3 is 2.60 bits per heavy atom. The van der Waals surface area contributed by atoms with E-state index in [4.69, 9.17) is 9.47 Å². The second kappa shape index (κ2) is 11.4. The molecule has 3 aliphatic heterocycles. The molecule has 218 valence electrons. The van der Waals surface area contributed by atoms with Gasteiger partial charge < -0.3 is 24.7 Å². The molecule has 0 spiro atoms. The Labute approximate surface area is 245 Å². The predicted molar refractivity (Wildman–Crippen MR) is 165 cm³/mol. The number of morpholine rings is 1. The summed E-state index contributed by atoms with van der Waals surface area (Å²) < 4.78 is 13.9. The van der Waals surface area contributed by atoms with E-state index in [1.807, 2.05) is 34.9 Å². The number of carbonyl (C=O) groups excluding carboxylic acids is 1. The van der Waals surface area contributed by atoms with Crippen molar-refractivity contribution in [2.24, 2.45) is 0 Å². The van der Waals surface area contributed by atoms with Crippen LogP contribution in [0, 0.1) is 0 Å². The molecule has 0 aliphatic carbocycles. The Hall–Kier alpha value is -3.92. The number of amides is 1. The van der Waals surface area contributed by atoms with Crippen LogP contribution in [-0.4, -0.2) is 85.3 Å². The number of pyridine rings is 1. The highest BCUT2D eigenvalue weighted by molar-refractivity contribution is 6.01. The van der Waals surface area contributed by atoms with Crippen molar-refractivity contribution in [2.75, 3.05) is 64.3 Å². The molecule has 1 aromatic heterocycles. The van der Waals surface area contributed by atoms with Gasteiger partial charge in [0.25, 0.3) is 5.91 Å². The van der Waals surface area contributed by atoms with Gasteiger partial charge in [0, 0.05) is 51.5 Å². The topological polar surface area (TPSA) is 88.1 Å². The van der Waals surface area contributed by atoms with Gasteiger partial charge in [-0.3, -0.25) is 19.4 Å². The van der Waals surface area contributed by atoms with Crippen LogP contribution in [0.4, 0.5) is 5.69 Å². The summed E-state index contributed by atoms with van der Waals surface area (Å²) in [7, 11) is 0. The van der Waals surface area contributed by atoms with Crippen LogP contribution in [0.2, 0.25) is 0 Å². The Balaban J connectivity index is 1.25. The van der Waals surface area contributed by atoms with Crippen LogP contribution in [-0.2, 0) is 4.74 Å². The van der Waals surface area contributed by atoms with E-state index in [0.717, 1.165) is 61.4 Å². The van der Waals surface area contributed by atoms with Crippen molar-refractivity contribution >= 4 is 33.3 Å². The van der Waals surface area contributed by atoms with Crippen molar-refractivity contribution in [1.82, 2.24) is 19.7 Å². The van der Waals surface area contributed by atoms with E-state index in [2.05, 4.69) is 45.6 Å². The number of rotatable bonds is 8. The standard InChI is InChI=1S/C33H37N5O4/c1-22-5-4-12-37(22)14-11-34-27-9-8-25-30-32(27)42-29-20-24-7-3-2-6-23(24)19-28(29)38(30)21-26(31(25)39)33(40)35-10-13-36-15-17-41-18-16-36/h2-3,6-9,19-22,34H,4-5,10-18H2,1H3,(H,35,40). The Morgan fingerprint density at radius 1 is 1.00 bits per heavy atom. The molecule has 42 heavy (non-hydrogen) atoms. The summed E-state index contributed by atoms with van der Waals surface area (Å²) in [5.74, 6) is 0.935. The molecule has 0 saturated carbocycles. The fourth-order valence-corrected chi connectivity index (χ4v) is 6.48. The molecule has 3 aromatic carbocycles. The zero-order valence-corrected chi connectivity index (χ0v) is 24.0. The van der Waals surface area contributed by atoms with Gasteiger partial charge in [0.15, 0.2) is 11.5 Å². The summed E-state index contributed by atoms with van der Waals surface area (Å²) in [6.07, 6.45) is 4.17. The molecule has 9 heteroatoms. The molecule has 3 aliphatic rings. The van der Waals surface area contributed by atoms with Gasteiger partial charge >= 0.3 is 0 Å². The normalized spacial score (nSPS) is 18.6. The van der Waals surface area contributed by atoms with Gasteiger partial charge in [-0.05, 0) is 61.3 Å². The molecule has 2 saturated heterocycles. The minimum absolute atomic E-state index is 0.125. The quantitative estimate of drug-likeness (QED) is 0.291. The maximum Gasteiger partial charge on any atom is 0.256 e. The number of likely N-dealkylation sites (tertiary alicyclic amines) is 1. The van der Waals surface area contributed by atoms with Crippen molar-refractivity contribution in [3.63, 3.8) is 0 Å². The third kappa shape index (κ3) is 5.02. The number of fused-ring (bicyclic) bond motifs is 3. The number of nitrogens with zero attached hydrogens (tertiary/aromatic N) is 3. The molecular weight excluding hydrogens is 530 g/mol. The highest BCUT2D eigenvalue weighted by Gasteiger charge is 2.27. The number of nitrogens with one attached hydrogen (secondary N) is 2. The second-order valence-corrected chi connectivity index (χ2v) is 11.5. The average molecular weight is 568 g/mol. The molecule has 1 amide bonds. The van der Waals surface area contributed by atoms with Crippen molar-refractivity contribution < 1.29 is 14.3 Å². The van der Waals surface area contributed by atoms with Gasteiger partial charge in [-0.15, -0.1) is 0 Å². The van der Waals surface area contributed by atoms with Crippen molar-refractivity contribution in [3.05, 3.63) is 70.5 Å². The lowest BCUT2D eigenvalue weighted by atomic mass is 10.0. The highest BCUT2D eigenvalue weighted by atomic mass is 16.5. The molecule has 7 rings (SSSR count). The van der Waals surface area contributed by atoms with E-state index >= 15 is 0 Å². The lowest BCUT2D eigenvalue weighted by Crippen LogP contribution is -2.42. The minimum atomic E-state index is -0.365. The maximum atomic E-state index is 13.8. The first-order valence-corrected chi connectivity index (χ1v) is 15.1. The zero-order valence-electron chi connectivity index (χ0n) is 24.0. The number of hydrogen-bond acceptors (Lipinski definition) is 7. The third-order valence-corrected chi connectivity index (χ3v) is 8.89. The van der Waals surface area contributed by atoms with E-state index in [0.29, 0.717) is 48.2 Å². The summed E-state index contributed by atoms with van der Waals surface area (Å²) in [6, 6.07) is 16.5. The Bertz CT molecular complexity index is 1710. The van der Waals surface area contributed by atoms with Crippen molar-refractivity contribution in [1.29, 1.82) is 0 Å². The van der Waals surface area contributed by atoms with Gasteiger partial charge in [-0.1, -0.05) is 24.3 Å². The molecule has 2 fully saturated rings. The maximum absolute atomic E-state index is 13.8. The van der Waals surface area contributed by atoms with Crippen LogP contribution in [0.15, 0.2) is 59.5 Å². The lowest BCUT2D eigenvalue weighted by molar-refractivity contribution is 0.0383. The van der Waals surface area contributed by atoms with Gasteiger partial charge in [0.05, 0.1) is 30.0 Å². The molecule has 0 bridgehead atoms. The van der Waals surface area contributed by atoms with Gasteiger partial charge in [0.1, 0.15) is 11.1 Å². The minimum Gasteiger partial charge on any atom is -0.451 e. The zero-order chi connectivity index (χ0) is 28.6. The number of anilines is 1. The van der Waals surface area contributed by atoms with Crippen LogP contribution in [0.1, 0.15) is 30.1 Å². The number of benzene rings is 3. The Morgan fingerprint density at radius 2 is 1.81 bits per heavy atom. The molecule has 0 radical (unpaired) electrons. The van der Waals surface area contributed by atoms with Crippen LogP contribution < -0.4 is 20.8 Å². The van der Waals surface area contributed by atoms with E-state index < -0.39 is 0 Å². The molecule has 1 atom stereocenters. The molecular formula is C33H37N5O4. The van der Waals surface area contributed by atoms with Gasteiger partial charge in [-0.25, -0.2) is 0 Å². The summed E-state index contributed by atoms with van der Waals surface area (Å²) >= 11 is 0. The van der Waals surface area contributed by atoms with Crippen LogP contribution in [0.5, 0.6) is 11.5 Å². The largest absolute Gasteiger partial charge is 0.451 e. The molecule has 1 unspecified atom stereocenters. The highest BCUT2D eigenvalue weighted by Crippen LogP contribution is 2.45. The molecule has 4 heterocycles. The fourth-order valence-electron chi connectivity index (χ4n) is 6.48. The third-order valence-electron chi connectivity index (χ3n) is 8.89. The fraction of sp³-hybridized carbons (Fsp3) is 0.394. The van der Waals surface area contributed by atoms with Crippen molar-refractivity contribution in [2.45, 2.75) is 25.8 Å². The van der Waals surface area contributed by atoms with Crippen LogP contribution in [0.3, 0.4) is 0 Å². The van der Waals surface area contributed by atoms with Gasteiger partial charge in [-0.2, -0.15) is 0 Å². The van der Waals surface area contributed by atoms with Crippen molar-refractivity contribution in [3.8, 4) is 17.2 Å². The van der Waals surface area contributed by atoms with E-state index in [1.54, 1.807) is 6.20 Å². The van der Waals surface area contributed by atoms with E-state index in [1.165, 1.54) is 12.8 Å². The molecule has 2 N–H and O–H groups in total. The second-order valence-electron chi connectivity index (χ2n) is 11.5. The molecule has 9 nitrogen and oxygen atoms in total. The lowest BCUT2D eigenvalue weighted by Gasteiger charge is -2.27. The molecule has 4 aromatic rings. The van der Waals surface area contributed by atoms with E-state index in [9.17, 15) is 9.59 Å². The first kappa shape index (κ1) is 26.9. The summed E-state index contributed by atoms with van der Waals surface area (Å²) in [5, 5.41) is 9.13. The van der Waals surface area contributed by atoms with Crippen LogP contribution >= 0.6 is 0 Å². The first-order valence-electron chi connectivity index (χ1n) is 15.1. The monoisotopic (exact) mass is 567 g/mol.